The third kappa shape index (κ3) is 1.44. The Bertz CT molecular complexity index is 831. The van der Waals surface area contributed by atoms with Gasteiger partial charge in [0, 0.05) is 21.9 Å². The number of nitrogens with one attached hydrogen (secondary N) is 1. The molecule has 0 saturated carbocycles. The zero-order valence-corrected chi connectivity index (χ0v) is 9.86. The molecule has 0 aliphatic carbocycles. The predicted molar refractivity (Wildman–Crippen MR) is 72.1 cm³/mol. The van der Waals surface area contributed by atoms with E-state index < -0.39 is 0 Å². The van der Waals surface area contributed by atoms with Crippen LogP contribution in [0.1, 0.15) is 17.3 Å². The van der Waals surface area contributed by atoms with Gasteiger partial charge in [-0.1, -0.05) is 18.2 Å². The second kappa shape index (κ2) is 3.81. The summed E-state index contributed by atoms with van der Waals surface area (Å²) in [6.45, 7) is 1.50. The molecule has 0 amide bonds. The van der Waals surface area contributed by atoms with Gasteiger partial charge in [-0.2, -0.15) is 0 Å². The van der Waals surface area contributed by atoms with Crippen LogP contribution in [0.3, 0.4) is 0 Å². The average molecular weight is 237 g/mol. The van der Waals surface area contributed by atoms with Gasteiger partial charge in [0.1, 0.15) is 0 Å². The van der Waals surface area contributed by atoms with Gasteiger partial charge in [0.25, 0.3) is 0 Å². The highest BCUT2D eigenvalue weighted by atomic mass is 16.1. The summed E-state index contributed by atoms with van der Waals surface area (Å²) in [5.74, 6) is -0.0495. The molecule has 0 spiro atoms. The van der Waals surface area contributed by atoms with Crippen LogP contribution in [0.25, 0.3) is 21.8 Å². The molecule has 0 aliphatic rings. The molecule has 0 unspecified atom stereocenters. The summed E-state index contributed by atoms with van der Waals surface area (Å²) in [6.07, 6.45) is 0. The first-order valence-electron chi connectivity index (χ1n) is 5.73. The van der Waals surface area contributed by atoms with Crippen LogP contribution < -0.4 is 5.43 Å². The number of aromatic amines is 1. The van der Waals surface area contributed by atoms with Gasteiger partial charge in [0.05, 0.1) is 5.52 Å². The number of ketones is 1. The molecule has 2 aromatic carbocycles. The van der Waals surface area contributed by atoms with Crippen molar-refractivity contribution in [2.24, 2.45) is 0 Å². The highest BCUT2D eigenvalue weighted by Gasteiger charge is 2.10. The number of pyridine rings is 1. The van der Waals surface area contributed by atoms with E-state index in [1.54, 1.807) is 24.3 Å². The van der Waals surface area contributed by atoms with Crippen molar-refractivity contribution in [3.05, 3.63) is 58.3 Å². The molecule has 0 atom stereocenters. The predicted octanol–water partition coefficient (Wildman–Crippen LogP) is 2.88. The van der Waals surface area contributed by atoms with E-state index in [1.165, 1.54) is 6.92 Å². The number of rotatable bonds is 1. The summed E-state index contributed by atoms with van der Waals surface area (Å²) in [5, 5.41) is 1.20. The van der Waals surface area contributed by atoms with Crippen LogP contribution in [0.15, 0.2) is 47.3 Å². The molecule has 0 bridgehead atoms. The minimum Gasteiger partial charge on any atom is -0.354 e. The van der Waals surface area contributed by atoms with Crippen LogP contribution in [-0.2, 0) is 0 Å². The average Bonchev–Trinajstić information content (AvgIpc) is 2.38. The topological polar surface area (TPSA) is 49.9 Å². The monoisotopic (exact) mass is 237 g/mol. The lowest BCUT2D eigenvalue weighted by Crippen LogP contribution is -2.06. The Labute approximate surface area is 103 Å². The maximum absolute atomic E-state index is 12.3. The van der Waals surface area contributed by atoms with E-state index in [0.717, 1.165) is 5.52 Å². The van der Waals surface area contributed by atoms with Crippen molar-refractivity contribution in [1.82, 2.24) is 4.98 Å². The largest absolute Gasteiger partial charge is 0.354 e. The SMILES string of the molecule is CC(=O)c1cccc2c(=O)c3ccccc3[nH]c12. The highest BCUT2D eigenvalue weighted by Crippen LogP contribution is 2.18. The molecule has 0 fully saturated rings. The van der Waals surface area contributed by atoms with Crippen molar-refractivity contribution in [2.75, 3.05) is 0 Å². The van der Waals surface area contributed by atoms with Crippen LogP contribution in [-0.4, -0.2) is 10.8 Å². The summed E-state index contributed by atoms with van der Waals surface area (Å²) >= 11 is 0. The van der Waals surface area contributed by atoms with Gasteiger partial charge in [0.15, 0.2) is 11.2 Å². The molecule has 88 valence electrons. The van der Waals surface area contributed by atoms with Gasteiger partial charge in [-0.15, -0.1) is 0 Å². The molecular formula is C15H11NO2. The lowest BCUT2D eigenvalue weighted by Gasteiger charge is -2.05. The first-order chi connectivity index (χ1) is 8.68. The molecular weight excluding hydrogens is 226 g/mol. The summed E-state index contributed by atoms with van der Waals surface area (Å²) in [5.41, 5.74) is 1.88. The van der Waals surface area contributed by atoms with E-state index in [-0.39, 0.29) is 11.2 Å². The molecule has 3 nitrogen and oxygen atoms in total. The van der Waals surface area contributed by atoms with E-state index in [9.17, 15) is 9.59 Å². The maximum atomic E-state index is 12.3. The Morgan fingerprint density at radius 2 is 1.72 bits per heavy atom. The first-order valence-corrected chi connectivity index (χ1v) is 5.73. The smallest absolute Gasteiger partial charge is 0.197 e. The van der Waals surface area contributed by atoms with Crippen LogP contribution in [0, 0.1) is 0 Å². The van der Waals surface area contributed by atoms with E-state index in [0.29, 0.717) is 21.9 Å². The number of hydrogen-bond acceptors (Lipinski definition) is 2. The van der Waals surface area contributed by atoms with Gasteiger partial charge in [-0.3, -0.25) is 9.59 Å². The summed E-state index contributed by atoms with van der Waals surface area (Å²) in [7, 11) is 0. The van der Waals surface area contributed by atoms with Gasteiger partial charge < -0.3 is 4.98 Å². The van der Waals surface area contributed by atoms with Crippen LogP contribution in [0.5, 0.6) is 0 Å². The van der Waals surface area contributed by atoms with Crippen molar-refractivity contribution >= 4 is 27.6 Å². The van der Waals surface area contributed by atoms with Crippen molar-refractivity contribution in [3.8, 4) is 0 Å². The van der Waals surface area contributed by atoms with Crippen molar-refractivity contribution in [1.29, 1.82) is 0 Å². The fraction of sp³-hybridized carbons (Fsp3) is 0.0667. The standard InChI is InChI=1S/C15H11NO2/c1-9(17)10-6-4-7-12-14(10)16-13-8-3-2-5-11(13)15(12)18/h2-8H,1H3,(H,16,18). The second-order valence-corrected chi connectivity index (χ2v) is 4.28. The third-order valence-electron chi connectivity index (χ3n) is 3.12. The van der Waals surface area contributed by atoms with E-state index in [2.05, 4.69) is 4.98 Å². The minimum atomic E-state index is -0.0495. The molecule has 0 radical (unpaired) electrons. The molecule has 1 N–H and O–H groups in total. The summed E-state index contributed by atoms with van der Waals surface area (Å²) in [4.78, 5) is 27.1. The molecule has 0 aliphatic heterocycles. The zero-order chi connectivity index (χ0) is 12.7. The van der Waals surface area contributed by atoms with E-state index in [4.69, 9.17) is 0 Å². The number of carbonyl (C=O) groups is 1. The van der Waals surface area contributed by atoms with Gasteiger partial charge in [-0.25, -0.2) is 0 Å². The van der Waals surface area contributed by atoms with Crippen molar-refractivity contribution in [2.45, 2.75) is 6.92 Å². The number of Topliss-reactive ketones (excluding diaryl/α,β-unsaturated/α-hetero) is 1. The summed E-state index contributed by atoms with van der Waals surface area (Å²) in [6, 6.07) is 12.5. The van der Waals surface area contributed by atoms with Crippen molar-refractivity contribution in [3.63, 3.8) is 0 Å². The molecule has 3 aromatic rings. The molecule has 18 heavy (non-hydrogen) atoms. The Morgan fingerprint density at radius 3 is 2.50 bits per heavy atom. The molecule has 0 saturated heterocycles. The van der Waals surface area contributed by atoms with E-state index in [1.807, 2.05) is 18.2 Å². The Hall–Kier alpha value is -2.42. The molecule has 1 aromatic heterocycles. The molecule has 3 rings (SSSR count). The highest BCUT2D eigenvalue weighted by molar-refractivity contribution is 6.07. The Balaban J connectivity index is 2.60. The first kappa shape index (κ1) is 10.7. The number of aromatic nitrogens is 1. The van der Waals surface area contributed by atoms with Gasteiger partial charge in [0.2, 0.25) is 0 Å². The zero-order valence-electron chi connectivity index (χ0n) is 9.86. The normalized spacial score (nSPS) is 10.9. The number of carbonyl (C=O) groups excluding carboxylic acids is 1. The quantitative estimate of drug-likeness (QED) is 0.522. The molecule has 1 heterocycles. The fourth-order valence-corrected chi connectivity index (χ4v) is 2.24. The number of para-hydroxylation sites is 2. The Morgan fingerprint density at radius 1 is 1.00 bits per heavy atom. The number of fused-ring (bicyclic) bond motifs is 2. The fourth-order valence-electron chi connectivity index (χ4n) is 2.24. The summed E-state index contributed by atoms with van der Waals surface area (Å²) < 4.78 is 0. The minimum absolute atomic E-state index is 0.0394. The number of H-pyrrole nitrogens is 1. The lowest BCUT2D eigenvalue weighted by atomic mass is 10.0. The van der Waals surface area contributed by atoms with E-state index >= 15 is 0 Å². The number of benzene rings is 2. The van der Waals surface area contributed by atoms with Crippen LogP contribution in [0.4, 0.5) is 0 Å². The third-order valence-corrected chi connectivity index (χ3v) is 3.12. The second-order valence-electron chi connectivity index (χ2n) is 4.28. The van der Waals surface area contributed by atoms with Crippen LogP contribution >= 0.6 is 0 Å². The number of hydrogen-bond donors (Lipinski definition) is 1. The van der Waals surface area contributed by atoms with Crippen molar-refractivity contribution < 1.29 is 4.79 Å². The Kier molecular flexibility index (Phi) is 2.27. The van der Waals surface area contributed by atoms with Gasteiger partial charge >= 0.3 is 0 Å². The van der Waals surface area contributed by atoms with Gasteiger partial charge in [-0.05, 0) is 31.2 Å². The maximum Gasteiger partial charge on any atom is 0.197 e. The van der Waals surface area contributed by atoms with Crippen LogP contribution in [0.2, 0.25) is 0 Å². The molecule has 3 heteroatoms. The lowest BCUT2D eigenvalue weighted by molar-refractivity contribution is 0.101.